The van der Waals surface area contributed by atoms with Gasteiger partial charge in [-0.05, 0) is 23.8 Å². The quantitative estimate of drug-likeness (QED) is 0.471. The first-order chi connectivity index (χ1) is 11.4. The van der Waals surface area contributed by atoms with Gasteiger partial charge in [-0.2, -0.15) is 0 Å². The smallest absolute Gasteiger partial charge is 0.340 e. The average Bonchev–Trinajstić information content (AvgIpc) is 2.59. The van der Waals surface area contributed by atoms with E-state index in [1.807, 2.05) is 0 Å². The van der Waals surface area contributed by atoms with Crippen molar-refractivity contribution in [3.05, 3.63) is 68.7 Å². The van der Waals surface area contributed by atoms with Crippen molar-refractivity contribution in [2.45, 2.75) is 6.10 Å². The van der Waals surface area contributed by atoms with Gasteiger partial charge in [0, 0.05) is 29.4 Å². The second kappa shape index (κ2) is 7.76. The molecule has 0 aromatic heterocycles. The Bertz CT molecular complexity index is 749. The number of nitrogens with zero attached hydrogens (tertiary/aromatic N) is 1. The van der Waals surface area contributed by atoms with Crippen molar-refractivity contribution in [2.24, 2.45) is 0 Å². The first-order valence-electron chi connectivity index (χ1n) is 6.96. The number of aliphatic hydroxyl groups excluding tert-OH is 1. The number of ether oxygens (including phenoxy) is 1. The molecule has 0 aliphatic carbocycles. The van der Waals surface area contributed by atoms with Crippen molar-refractivity contribution in [1.29, 1.82) is 0 Å². The van der Waals surface area contributed by atoms with Crippen LogP contribution < -0.4 is 5.32 Å². The molecule has 0 saturated heterocycles. The lowest BCUT2D eigenvalue weighted by molar-refractivity contribution is -0.384. The van der Waals surface area contributed by atoms with Crippen LogP contribution in [-0.4, -0.2) is 29.7 Å². The molecule has 2 aromatic rings. The lowest BCUT2D eigenvalue weighted by Crippen LogP contribution is -2.15. The van der Waals surface area contributed by atoms with Crippen molar-refractivity contribution in [1.82, 2.24) is 0 Å². The Hall–Kier alpha value is -2.64. The summed E-state index contributed by atoms with van der Waals surface area (Å²) in [5, 5.41) is 24.5. The van der Waals surface area contributed by atoms with Crippen LogP contribution in [-0.2, 0) is 4.74 Å². The van der Waals surface area contributed by atoms with Gasteiger partial charge in [-0.25, -0.2) is 4.79 Å². The van der Waals surface area contributed by atoms with Crippen molar-refractivity contribution in [3.8, 4) is 0 Å². The summed E-state index contributed by atoms with van der Waals surface area (Å²) in [4.78, 5) is 22.0. The number of carbonyl (C=O) groups is 1. The van der Waals surface area contributed by atoms with E-state index in [0.717, 1.165) is 6.07 Å². The minimum Gasteiger partial charge on any atom is -0.465 e. The second-order valence-corrected chi connectivity index (χ2v) is 5.36. The molecule has 7 nitrogen and oxygen atoms in total. The molecule has 1 unspecified atom stereocenters. The number of rotatable bonds is 6. The van der Waals surface area contributed by atoms with E-state index in [0.29, 0.717) is 16.3 Å². The summed E-state index contributed by atoms with van der Waals surface area (Å²) in [5.41, 5.74) is 0.781. The van der Waals surface area contributed by atoms with Gasteiger partial charge in [0.2, 0.25) is 0 Å². The number of hydrogen-bond donors (Lipinski definition) is 2. The largest absolute Gasteiger partial charge is 0.465 e. The van der Waals surface area contributed by atoms with Gasteiger partial charge in [0.25, 0.3) is 5.69 Å². The minimum absolute atomic E-state index is 0.0232. The Labute approximate surface area is 143 Å². The van der Waals surface area contributed by atoms with Gasteiger partial charge >= 0.3 is 5.97 Å². The normalized spacial score (nSPS) is 11.6. The molecular formula is C16H15ClN2O5. The third-order valence-corrected chi connectivity index (χ3v) is 3.61. The molecule has 8 heteroatoms. The molecule has 0 spiro atoms. The SMILES string of the molecule is COC(=O)c1cc([N+](=O)[O-])ccc1NCC(O)c1ccc(Cl)cc1. The number of esters is 1. The first-order valence-corrected chi connectivity index (χ1v) is 7.34. The van der Waals surface area contributed by atoms with Crippen LogP contribution in [0, 0.1) is 10.1 Å². The van der Waals surface area contributed by atoms with Gasteiger partial charge in [0.15, 0.2) is 0 Å². The number of nitro groups is 1. The Morgan fingerprint density at radius 3 is 2.58 bits per heavy atom. The lowest BCUT2D eigenvalue weighted by atomic mass is 10.1. The Kier molecular flexibility index (Phi) is 5.73. The highest BCUT2D eigenvalue weighted by atomic mass is 35.5. The zero-order valence-corrected chi connectivity index (χ0v) is 13.5. The summed E-state index contributed by atoms with van der Waals surface area (Å²) in [5.74, 6) is -0.706. The molecule has 2 aromatic carbocycles. The standard InChI is InChI=1S/C16H15ClN2O5/c1-24-16(21)13-8-12(19(22)23)6-7-14(13)18-9-15(20)10-2-4-11(17)5-3-10/h2-8,15,18,20H,9H2,1H3. The number of non-ortho nitro benzene ring substituents is 1. The van der Waals surface area contributed by atoms with Crippen LogP contribution in [0.4, 0.5) is 11.4 Å². The molecule has 0 saturated carbocycles. The second-order valence-electron chi connectivity index (χ2n) is 4.93. The molecule has 2 N–H and O–H groups in total. The lowest BCUT2D eigenvalue weighted by Gasteiger charge is -2.15. The third kappa shape index (κ3) is 4.21. The van der Waals surface area contributed by atoms with Crippen LogP contribution in [0.2, 0.25) is 5.02 Å². The molecule has 0 aliphatic heterocycles. The van der Waals surface area contributed by atoms with E-state index in [-0.39, 0.29) is 17.8 Å². The van der Waals surface area contributed by atoms with Crippen LogP contribution in [0.1, 0.15) is 22.0 Å². The van der Waals surface area contributed by atoms with Crippen molar-refractivity contribution < 1.29 is 19.6 Å². The van der Waals surface area contributed by atoms with Crippen LogP contribution in [0.25, 0.3) is 0 Å². The predicted octanol–water partition coefficient (Wildman–Crippen LogP) is 3.18. The fourth-order valence-corrected chi connectivity index (χ4v) is 2.21. The highest BCUT2D eigenvalue weighted by Crippen LogP contribution is 2.24. The Balaban J connectivity index is 2.17. The van der Waals surface area contributed by atoms with Gasteiger partial charge in [0.1, 0.15) is 0 Å². The van der Waals surface area contributed by atoms with E-state index in [2.05, 4.69) is 10.1 Å². The molecule has 0 radical (unpaired) electrons. The maximum atomic E-state index is 11.8. The van der Waals surface area contributed by atoms with E-state index in [1.165, 1.54) is 19.2 Å². The molecule has 0 aliphatic rings. The third-order valence-electron chi connectivity index (χ3n) is 3.36. The molecule has 126 valence electrons. The first kappa shape index (κ1) is 17.7. The number of hydrogen-bond acceptors (Lipinski definition) is 6. The Morgan fingerprint density at radius 1 is 1.33 bits per heavy atom. The molecule has 24 heavy (non-hydrogen) atoms. The van der Waals surface area contributed by atoms with Crippen LogP contribution in [0.3, 0.4) is 0 Å². The zero-order chi connectivity index (χ0) is 17.7. The summed E-state index contributed by atoms with van der Waals surface area (Å²) < 4.78 is 4.64. The van der Waals surface area contributed by atoms with Crippen molar-refractivity contribution >= 4 is 28.9 Å². The summed E-state index contributed by atoms with van der Waals surface area (Å²) in [6.07, 6.45) is -0.844. The zero-order valence-electron chi connectivity index (χ0n) is 12.7. The van der Waals surface area contributed by atoms with Gasteiger partial charge in [-0.15, -0.1) is 0 Å². The molecule has 0 fully saturated rings. The van der Waals surface area contributed by atoms with Crippen LogP contribution in [0.15, 0.2) is 42.5 Å². The molecule has 0 bridgehead atoms. The summed E-state index contributed by atoms with van der Waals surface area (Å²) in [6.45, 7) is 0.101. The topological polar surface area (TPSA) is 102 Å². The van der Waals surface area contributed by atoms with Crippen molar-refractivity contribution in [2.75, 3.05) is 19.0 Å². The fourth-order valence-electron chi connectivity index (χ4n) is 2.09. The van der Waals surface area contributed by atoms with E-state index < -0.39 is 17.0 Å². The molecular weight excluding hydrogens is 336 g/mol. The maximum absolute atomic E-state index is 11.8. The number of nitrogens with one attached hydrogen (secondary N) is 1. The highest BCUT2D eigenvalue weighted by Gasteiger charge is 2.18. The number of benzene rings is 2. The molecule has 0 heterocycles. The Morgan fingerprint density at radius 2 is 2.00 bits per heavy atom. The maximum Gasteiger partial charge on any atom is 0.340 e. The van der Waals surface area contributed by atoms with E-state index in [4.69, 9.17) is 11.6 Å². The number of aliphatic hydroxyl groups is 1. The summed E-state index contributed by atoms with van der Waals surface area (Å²) in [7, 11) is 1.19. The predicted molar refractivity (Wildman–Crippen MR) is 89.3 cm³/mol. The monoisotopic (exact) mass is 350 g/mol. The number of methoxy groups -OCH3 is 1. The summed E-state index contributed by atoms with van der Waals surface area (Å²) in [6, 6.07) is 10.5. The average molecular weight is 351 g/mol. The van der Waals surface area contributed by atoms with E-state index in [9.17, 15) is 20.0 Å². The van der Waals surface area contributed by atoms with Crippen molar-refractivity contribution in [3.63, 3.8) is 0 Å². The van der Waals surface area contributed by atoms with E-state index >= 15 is 0 Å². The molecule has 1 atom stereocenters. The molecule has 2 rings (SSSR count). The minimum atomic E-state index is -0.844. The summed E-state index contributed by atoms with van der Waals surface area (Å²) >= 11 is 5.80. The van der Waals surface area contributed by atoms with Crippen LogP contribution in [0.5, 0.6) is 0 Å². The van der Waals surface area contributed by atoms with Gasteiger partial charge in [0.05, 0.1) is 23.7 Å². The number of carbonyl (C=O) groups excluding carboxylic acids is 1. The highest BCUT2D eigenvalue weighted by molar-refractivity contribution is 6.30. The number of nitro benzene ring substituents is 1. The fraction of sp³-hybridized carbons (Fsp3) is 0.188. The van der Waals surface area contributed by atoms with Gasteiger partial charge in [-0.3, -0.25) is 10.1 Å². The number of halogens is 1. The van der Waals surface area contributed by atoms with Gasteiger partial charge in [-0.1, -0.05) is 23.7 Å². The molecule has 0 amide bonds. The number of anilines is 1. The van der Waals surface area contributed by atoms with Crippen LogP contribution >= 0.6 is 11.6 Å². The van der Waals surface area contributed by atoms with E-state index in [1.54, 1.807) is 24.3 Å². The van der Waals surface area contributed by atoms with Gasteiger partial charge < -0.3 is 15.2 Å².